The molecule has 4 nitrogen and oxygen atoms in total. The van der Waals surface area contributed by atoms with Crippen LogP contribution in [-0.4, -0.2) is 61.5 Å². The molecule has 0 bridgehead atoms. The first kappa shape index (κ1) is 14.3. The third-order valence-electron chi connectivity index (χ3n) is 5.75. The number of rotatable bonds is 3. The summed E-state index contributed by atoms with van der Waals surface area (Å²) in [4.78, 5) is 16.7. The van der Waals surface area contributed by atoms with Gasteiger partial charge in [-0.1, -0.05) is 6.42 Å². The standard InChI is InChI=1S/C16H29N3O/c1-17-13-15(20)19-9-5-16(6-10-19)11-14(12-16)18-7-3-2-4-8-18/h14,17H,2-13H2,1H3. The third-order valence-corrected chi connectivity index (χ3v) is 5.75. The van der Waals surface area contributed by atoms with Crippen LogP contribution in [0.2, 0.25) is 0 Å². The Morgan fingerprint density at radius 3 is 2.35 bits per heavy atom. The summed E-state index contributed by atoms with van der Waals surface area (Å²) in [5.74, 6) is 0.272. The summed E-state index contributed by atoms with van der Waals surface area (Å²) in [6.45, 7) is 5.10. The largest absolute Gasteiger partial charge is 0.342 e. The molecule has 20 heavy (non-hydrogen) atoms. The lowest BCUT2D eigenvalue weighted by molar-refractivity contribution is -0.135. The second-order valence-corrected chi connectivity index (χ2v) is 7.07. The first-order valence-electron chi connectivity index (χ1n) is 8.39. The summed E-state index contributed by atoms with van der Waals surface area (Å²) in [6, 6.07) is 0.856. The Kier molecular flexibility index (Phi) is 4.32. The van der Waals surface area contributed by atoms with Gasteiger partial charge in [0, 0.05) is 19.1 Å². The van der Waals surface area contributed by atoms with E-state index in [1.54, 1.807) is 0 Å². The smallest absolute Gasteiger partial charge is 0.236 e. The van der Waals surface area contributed by atoms with Gasteiger partial charge < -0.3 is 15.1 Å². The zero-order valence-corrected chi connectivity index (χ0v) is 12.9. The molecule has 3 rings (SSSR count). The van der Waals surface area contributed by atoms with Gasteiger partial charge in [-0.05, 0) is 64.1 Å². The molecule has 1 amide bonds. The molecule has 114 valence electrons. The van der Waals surface area contributed by atoms with Gasteiger partial charge in [-0.15, -0.1) is 0 Å². The fourth-order valence-corrected chi connectivity index (χ4v) is 4.38. The highest BCUT2D eigenvalue weighted by molar-refractivity contribution is 5.78. The Labute approximate surface area is 122 Å². The molecular weight excluding hydrogens is 250 g/mol. The Morgan fingerprint density at radius 2 is 1.75 bits per heavy atom. The Morgan fingerprint density at radius 1 is 1.10 bits per heavy atom. The molecule has 2 heterocycles. The van der Waals surface area contributed by atoms with Crippen LogP contribution in [0.15, 0.2) is 0 Å². The molecule has 0 aromatic rings. The minimum Gasteiger partial charge on any atom is -0.342 e. The van der Waals surface area contributed by atoms with E-state index in [1.165, 1.54) is 58.0 Å². The van der Waals surface area contributed by atoms with Gasteiger partial charge in [0.15, 0.2) is 0 Å². The lowest BCUT2D eigenvalue weighted by Gasteiger charge is -2.56. The first-order valence-corrected chi connectivity index (χ1v) is 8.39. The van der Waals surface area contributed by atoms with Crippen LogP contribution in [0, 0.1) is 5.41 Å². The van der Waals surface area contributed by atoms with Gasteiger partial charge in [0.2, 0.25) is 5.91 Å². The molecule has 2 saturated heterocycles. The van der Waals surface area contributed by atoms with Crippen molar-refractivity contribution in [2.75, 3.05) is 39.8 Å². The van der Waals surface area contributed by atoms with Crippen molar-refractivity contribution in [2.24, 2.45) is 5.41 Å². The van der Waals surface area contributed by atoms with E-state index in [0.29, 0.717) is 12.0 Å². The van der Waals surface area contributed by atoms with E-state index in [0.717, 1.165) is 19.1 Å². The highest BCUT2D eigenvalue weighted by atomic mass is 16.2. The summed E-state index contributed by atoms with van der Waals surface area (Å²) in [5.41, 5.74) is 0.582. The van der Waals surface area contributed by atoms with Gasteiger partial charge in [0.25, 0.3) is 0 Å². The fourth-order valence-electron chi connectivity index (χ4n) is 4.38. The van der Waals surface area contributed by atoms with Crippen molar-refractivity contribution in [1.82, 2.24) is 15.1 Å². The predicted octanol–water partition coefficient (Wildman–Crippen LogP) is 1.46. The van der Waals surface area contributed by atoms with Gasteiger partial charge in [-0.2, -0.15) is 0 Å². The highest BCUT2D eigenvalue weighted by Crippen LogP contribution is 2.51. The van der Waals surface area contributed by atoms with Crippen LogP contribution in [0.1, 0.15) is 44.9 Å². The maximum atomic E-state index is 11.9. The van der Waals surface area contributed by atoms with Crippen molar-refractivity contribution in [3.05, 3.63) is 0 Å². The van der Waals surface area contributed by atoms with Crippen molar-refractivity contribution in [1.29, 1.82) is 0 Å². The molecule has 0 aromatic heterocycles. The lowest BCUT2D eigenvalue weighted by atomic mass is 9.60. The van der Waals surface area contributed by atoms with Gasteiger partial charge >= 0.3 is 0 Å². The van der Waals surface area contributed by atoms with Crippen molar-refractivity contribution in [3.8, 4) is 0 Å². The zero-order valence-electron chi connectivity index (χ0n) is 12.9. The number of likely N-dealkylation sites (tertiary alicyclic amines) is 2. The number of hydrogen-bond donors (Lipinski definition) is 1. The molecule has 1 N–H and O–H groups in total. The Hall–Kier alpha value is -0.610. The van der Waals surface area contributed by atoms with Crippen molar-refractivity contribution >= 4 is 5.91 Å². The van der Waals surface area contributed by atoms with Gasteiger partial charge in [-0.25, -0.2) is 0 Å². The van der Waals surface area contributed by atoms with Crippen LogP contribution in [0.25, 0.3) is 0 Å². The van der Waals surface area contributed by atoms with Gasteiger partial charge in [-0.3, -0.25) is 4.79 Å². The minimum absolute atomic E-state index is 0.272. The number of piperidine rings is 2. The Balaban J connectivity index is 1.44. The van der Waals surface area contributed by atoms with Gasteiger partial charge in [0.05, 0.1) is 6.54 Å². The van der Waals surface area contributed by atoms with E-state index in [9.17, 15) is 4.79 Å². The second-order valence-electron chi connectivity index (χ2n) is 7.07. The van der Waals surface area contributed by atoms with Crippen LogP contribution in [0.3, 0.4) is 0 Å². The van der Waals surface area contributed by atoms with E-state index in [1.807, 2.05) is 7.05 Å². The zero-order chi connectivity index (χ0) is 14.0. The molecule has 1 saturated carbocycles. The normalized spacial score (nSPS) is 27.6. The molecule has 3 aliphatic rings. The number of carbonyl (C=O) groups is 1. The summed E-state index contributed by atoms with van der Waals surface area (Å²) >= 11 is 0. The molecular formula is C16H29N3O. The molecule has 4 heteroatoms. The molecule has 2 aliphatic heterocycles. The Bertz CT molecular complexity index is 336. The minimum atomic E-state index is 0.272. The molecule has 1 aliphatic carbocycles. The predicted molar refractivity (Wildman–Crippen MR) is 80.6 cm³/mol. The fraction of sp³-hybridized carbons (Fsp3) is 0.938. The van der Waals surface area contributed by atoms with Crippen molar-refractivity contribution < 1.29 is 4.79 Å². The van der Waals surface area contributed by atoms with Crippen LogP contribution in [0.5, 0.6) is 0 Å². The number of hydrogen-bond acceptors (Lipinski definition) is 3. The first-order chi connectivity index (χ1) is 9.72. The topological polar surface area (TPSA) is 35.6 Å². The molecule has 1 spiro atoms. The second kappa shape index (κ2) is 6.02. The SMILES string of the molecule is CNCC(=O)N1CCC2(CC1)CC(N1CCCCC1)C2. The van der Waals surface area contributed by atoms with Crippen LogP contribution < -0.4 is 5.32 Å². The van der Waals surface area contributed by atoms with E-state index < -0.39 is 0 Å². The average Bonchev–Trinajstić information content (AvgIpc) is 2.46. The molecule has 0 radical (unpaired) electrons. The summed E-state index contributed by atoms with van der Waals surface area (Å²) < 4.78 is 0. The highest BCUT2D eigenvalue weighted by Gasteiger charge is 2.48. The van der Waals surface area contributed by atoms with E-state index in [2.05, 4.69) is 15.1 Å². The average molecular weight is 279 g/mol. The number of carbonyl (C=O) groups excluding carboxylic acids is 1. The molecule has 0 unspecified atom stereocenters. The summed E-state index contributed by atoms with van der Waals surface area (Å²) in [7, 11) is 1.85. The maximum Gasteiger partial charge on any atom is 0.236 e. The van der Waals surface area contributed by atoms with Gasteiger partial charge in [0.1, 0.15) is 0 Å². The molecule has 3 fully saturated rings. The summed E-state index contributed by atoms with van der Waals surface area (Å²) in [6.07, 6.45) is 9.46. The van der Waals surface area contributed by atoms with Crippen LogP contribution in [-0.2, 0) is 4.79 Å². The monoisotopic (exact) mass is 279 g/mol. The molecule has 0 aromatic carbocycles. The van der Waals surface area contributed by atoms with Crippen molar-refractivity contribution in [2.45, 2.75) is 51.0 Å². The number of amides is 1. The van der Waals surface area contributed by atoms with E-state index in [-0.39, 0.29) is 5.91 Å². The van der Waals surface area contributed by atoms with Crippen LogP contribution in [0.4, 0.5) is 0 Å². The van der Waals surface area contributed by atoms with E-state index >= 15 is 0 Å². The van der Waals surface area contributed by atoms with E-state index in [4.69, 9.17) is 0 Å². The quantitative estimate of drug-likeness (QED) is 0.849. The number of nitrogens with one attached hydrogen (secondary N) is 1. The van der Waals surface area contributed by atoms with Crippen LogP contribution >= 0.6 is 0 Å². The third kappa shape index (κ3) is 2.86. The number of nitrogens with zero attached hydrogens (tertiary/aromatic N) is 2. The number of likely N-dealkylation sites (N-methyl/N-ethyl adjacent to an activating group) is 1. The summed E-state index contributed by atoms with van der Waals surface area (Å²) in [5, 5.41) is 2.97. The van der Waals surface area contributed by atoms with Crippen molar-refractivity contribution in [3.63, 3.8) is 0 Å². The maximum absolute atomic E-state index is 11.9. The lowest BCUT2D eigenvalue weighted by Crippen LogP contribution is -2.56. The molecule has 0 atom stereocenters.